The molecule has 3 nitrogen and oxygen atoms in total. The molecule has 1 aromatic carbocycles. The predicted molar refractivity (Wildman–Crippen MR) is 81.7 cm³/mol. The first-order valence-corrected chi connectivity index (χ1v) is 7.48. The average Bonchev–Trinajstić information content (AvgIpc) is 2.42. The second-order valence-corrected chi connectivity index (χ2v) is 5.67. The second-order valence-electron chi connectivity index (χ2n) is 5.67. The summed E-state index contributed by atoms with van der Waals surface area (Å²) < 4.78 is 5.67. The molecule has 0 radical (unpaired) electrons. The van der Waals surface area contributed by atoms with Gasteiger partial charge in [0.05, 0.1) is 18.0 Å². The zero-order valence-electron chi connectivity index (χ0n) is 12.1. The van der Waals surface area contributed by atoms with Crippen molar-refractivity contribution in [1.82, 2.24) is 0 Å². The van der Waals surface area contributed by atoms with Crippen molar-refractivity contribution in [1.29, 1.82) is 0 Å². The highest BCUT2D eigenvalue weighted by Gasteiger charge is 2.19. The van der Waals surface area contributed by atoms with Crippen LogP contribution >= 0.6 is 0 Å². The molecule has 1 fully saturated rings. The lowest BCUT2D eigenvalue weighted by molar-refractivity contribution is 0.319. The van der Waals surface area contributed by atoms with Crippen LogP contribution in [0, 0.1) is 5.92 Å². The van der Waals surface area contributed by atoms with Gasteiger partial charge in [0.2, 0.25) is 0 Å². The van der Waals surface area contributed by atoms with Crippen molar-refractivity contribution in [3.8, 4) is 5.75 Å². The molecule has 0 unspecified atom stereocenters. The van der Waals surface area contributed by atoms with Crippen molar-refractivity contribution in [2.75, 3.05) is 17.7 Å². The van der Waals surface area contributed by atoms with E-state index in [2.05, 4.69) is 19.2 Å². The van der Waals surface area contributed by atoms with E-state index in [1.165, 1.54) is 25.7 Å². The lowest BCUT2D eigenvalue weighted by Gasteiger charge is -2.28. The van der Waals surface area contributed by atoms with Gasteiger partial charge in [-0.1, -0.05) is 19.9 Å². The molecule has 0 heterocycles. The highest BCUT2D eigenvalue weighted by atomic mass is 16.5. The van der Waals surface area contributed by atoms with Gasteiger partial charge in [0.15, 0.2) is 0 Å². The van der Waals surface area contributed by atoms with Gasteiger partial charge in [-0.2, -0.15) is 0 Å². The molecule has 1 aromatic rings. The Bertz CT molecular complexity index is 398. The molecular weight excluding hydrogens is 236 g/mol. The first kappa shape index (κ1) is 14.0. The van der Waals surface area contributed by atoms with E-state index in [1.54, 1.807) is 0 Å². The number of ether oxygens (including phenoxy) is 1. The number of anilines is 2. The summed E-state index contributed by atoms with van der Waals surface area (Å²) in [6.45, 7) is 5.15. The third-order valence-electron chi connectivity index (χ3n) is 3.90. The molecule has 1 saturated carbocycles. The molecule has 0 bridgehead atoms. The largest absolute Gasteiger partial charge is 0.491 e. The Hall–Kier alpha value is -1.38. The van der Waals surface area contributed by atoms with Crippen molar-refractivity contribution in [3.05, 3.63) is 18.2 Å². The van der Waals surface area contributed by atoms with Crippen LogP contribution in [0.2, 0.25) is 0 Å². The Labute approximate surface area is 116 Å². The molecule has 106 valence electrons. The maximum atomic E-state index is 6.18. The Morgan fingerprint density at radius 2 is 2.00 bits per heavy atom. The molecular formula is C16H26N2O. The van der Waals surface area contributed by atoms with Crippen molar-refractivity contribution >= 4 is 11.4 Å². The third kappa shape index (κ3) is 3.79. The summed E-state index contributed by atoms with van der Waals surface area (Å²) in [5, 5.41) is 3.58. The van der Waals surface area contributed by atoms with Crippen molar-refractivity contribution in [2.45, 2.75) is 52.0 Å². The van der Waals surface area contributed by atoms with E-state index < -0.39 is 0 Å². The topological polar surface area (TPSA) is 47.3 Å². The molecule has 1 aliphatic carbocycles. The van der Waals surface area contributed by atoms with Crippen molar-refractivity contribution in [2.24, 2.45) is 5.92 Å². The normalized spacial score (nSPS) is 23.1. The van der Waals surface area contributed by atoms with Crippen LogP contribution < -0.4 is 15.8 Å². The number of nitrogen functional groups attached to an aromatic ring is 1. The van der Waals surface area contributed by atoms with Crippen LogP contribution in [0.1, 0.15) is 46.0 Å². The Morgan fingerprint density at radius 1 is 1.26 bits per heavy atom. The van der Waals surface area contributed by atoms with Gasteiger partial charge in [-0.05, 0) is 50.2 Å². The SMILES string of the molecule is CCCOc1cccc(NC2CCC(C)CC2)c1N. The number of nitrogens with one attached hydrogen (secondary N) is 1. The van der Waals surface area contributed by atoms with Crippen LogP contribution in [0.3, 0.4) is 0 Å². The first-order chi connectivity index (χ1) is 9.20. The molecule has 0 aromatic heterocycles. The molecule has 0 aliphatic heterocycles. The van der Waals surface area contributed by atoms with Gasteiger partial charge in [0.25, 0.3) is 0 Å². The van der Waals surface area contributed by atoms with Gasteiger partial charge < -0.3 is 15.8 Å². The molecule has 19 heavy (non-hydrogen) atoms. The van der Waals surface area contributed by atoms with Crippen molar-refractivity contribution < 1.29 is 4.74 Å². The zero-order chi connectivity index (χ0) is 13.7. The van der Waals surface area contributed by atoms with Crippen LogP contribution in [0.25, 0.3) is 0 Å². The highest BCUT2D eigenvalue weighted by Crippen LogP contribution is 2.32. The van der Waals surface area contributed by atoms with Gasteiger partial charge in [-0.3, -0.25) is 0 Å². The zero-order valence-corrected chi connectivity index (χ0v) is 12.1. The maximum absolute atomic E-state index is 6.18. The molecule has 2 rings (SSSR count). The molecule has 1 aliphatic rings. The number of hydrogen-bond acceptors (Lipinski definition) is 3. The minimum atomic E-state index is 0.555. The van der Waals surface area contributed by atoms with E-state index in [9.17, 15) is 0 Å². The van der Waals surface area contributed by atoms with Crippen LogP contribution in [-0.2, 0) is 0 Å². The van der Waals surface area contributed by atoms with E-state index in [0.717, 1.165) is 29.5 Å². The Balaban J connectivity index is 1.99. The lowest BCUT2D eigenvalue weighted by Crippen LogP contribution is -2.25. The minimum absolute atomic E-state index is 0.555. The predicted octanol–water partition coefficient (Wildman–Crippen LogP) is 4.05. The summed E-state index contributed by atoms with van der Waals surface area (Å²) in [5.74, 6) is 1.67. The number of para-hydroxylation sites is 1. The van der Waals surface area contributed by atoms with Crippen LogP contribution in [0.15, 0.2) is 18.2 Å². The van der Waals surface area contributed by atoms with Crippen LogP contribution in [-0.4, -0.2) is 12.6 Å². The van der Waals surface area contributed by atoms with Gasteiger partial charge in [0.1, 0.15) is 5.75 Å². The van der Waals surface area contributed by atoms with E-state index in [-0.39, 0.29) is 0 Å². The molecule has 3 N–H and O–H groups in total. The summed E-state index contributed by atoms with van der Waals surface area (Å²) in [7, 11) is 0. The fraction of sp³-hybridized carbons (Fsp3) is 0.625. The Kier molecular flexibility index (Phi) is 4.94. The van der Waals surface area contributed by atoms with Gasteiger partial charge in [-0.25, -0.2) is 0 Å². The third-order valence-corrected chi connectivity index (χ3v) is 3.90. The number of hydrogen-bond donors (Lipinski definition) is 2. The lowest BCUT2D eigenvalue weighted by atomic mass is 9.87. The highest BCUT2D eigenvalue weighted by molar-refractivity contribution is 5.73. The molecule has 0 saturated heterocycles. The quantitative estimate of drug-likeness (QED) is 0.787. The number of rotatable bonds is 5. The number of benzene rings is 1. The van der Waals surface area contributed by atoms with Gasteiger partial charge in [0, 0.05) is 6.04 Å². The van der Waals surface area contributed by atoms with Gasteiger partial charge in [-0.15, -0.1) is 0 Å². The standard InChI is InChI=1S/C16H26N2O/c1-3-11-19-15-6-4-5-14(16(15)17)18-13-9-7-12(2)8-10-13/h4-6,12-13,18H,3,7-11,17H2,1-2H3. The van der Waals surface area contributed by atoms with E-state index in [4.69, 9.17) is 10.5 Å². The van der Waals surface area contributed by atoms with E-state index >= 15 is 0 Å². The van der Waals surface area contributed by atoms with Crippen molar-refractivity contribution in [3.63, 3.8) is 0 Å². The summed E-state index contributed by atoms with van der Waals surface area (Å²) >= 11 is 0. The summed E-state index contributed by atoms with van der Waals surface area (Å²) in [6, 6.07) is 6.56. The fourth-order valence-corrected chi connectivity index (χ4v) is 2.63. The van der Waals surface area contributed by atoms with Gasteiger partial charge >= 0.3 is 0 Å². The Morgan fingerprint density at radius 3 is 2.68 bits per heavy atom. The second kappa shape index (κ2) is 6.69. The minimum Gasteiger partial charge on any atom is -0.491 e. The summed E-state index contributed by atoms with van der Waals surface area (Å²) in [5.41, 5.74) is 7.95. The van der Waals surface area contributed by atoms with Crippen LogP contribution in [0.5, 0.6) is 5.75 Å². The molecule has 3 heteroatoms. The first-order valence-electron chi connectivity index (χ1n) is 7.48. The fourth-order valence-electron chi connectivity index (χ4n) is 2.63. The molecule has 0 amide bonds. The average molecular weight is 262 g/mol. The molecule has 0 atom stereocenters. The maximum Gasteiger partial charge on any atom is 0.144 e. The van der Waals surface area contributed by atoms with E-state index in [1.807, 2.05) is 18.2 Å². The summed E-state index contributed by atoms with van der Waals surface area (Å²) in [6.07, 6.45) is 6.09. The smallest absolute Gasteiger partial charge is 0.144 e. The monoisotopic (exact) mass is 262 g/mol. The van der Waals surface area contributed by atoms with E-state index in [0.29, 0.717) is 12.6 Å². The number of nitrogens with two attached hydrogens (primary N) is 1. The van der Waals surface area contributed by atoms with Crippen LogP contribution in [0.4, 0.5) is 11.4 Å². The molecule has 0 spiro atoms. The summed E-state index contributed by atoms with van der Waals surface area (Å²) in [4.78, 5) is 0.